The molecule has 0 aromatic heterocycles. The van der Waals surface area contributed by atoms with E-state index in [2.05, 4.69) is 32.9 Å². The maximum Gasteiger partial charge on any atom is 0.307 e. The highest BCUT2D eigenvalue weighted by Gasteiger charge is 2.03. The molecule has 0 fully saturated rings. The Bertz CT molecular complexity index is 380. The molecule has 0 radical (unpaired) electrons. The zero-order valence-electron chi connectivity index (χ0n) is 10.0. The molecule has 1 aromatic rings. The van der Waals surface area contributed by atoms with Gasteiger partial charge in [0.1, 0.15) is 0 Å². The van der Waals surface area contributed by atoms with Gasteiger partial charge in [0.25, 0.3) is 0 Å². The molecule has 0 heterocycles. The maximum absolute atomic E-state index is 10.5. The lowest BCUT2D eigenvalue weighted by atomic mass is 9.95. The number of carboxylic acid groups (broad SMARTS) is 1. The Morgan fingerprint density at radius 2 is 1.81 bits per heavy atom. The first-order valence-corrected chi connectivity index (χ1v) is 5.37. The zero-order valence-corrected chi connectivity index (χ0v) is 10.0. The first kappa shape index (κ1) is 12.5. The number of carboxylic acids is 1. The van der Waals surface area contributed by atoms with E-state index in [0.29, 0.717) is 0 Å². The summed E-state index contributed by atoms with van der Waals surface area (Å²) in [4.78, 5) is 10.5. The second kappa shape index (κ2) is 4.97. The Morgan fingerprint density at radius 3 is 2.25 bits per heavy atom. The maximum atomic E-state index is 10.5. The van der Waals surface area contributed by atoms with E-state index in [0.717, 1.165) is 11.1 Å². The Hall–Kier alpha value is -1.57. The second-order valence-corrected chi connectivity index (χ2v) is 5.01. The fraction of sp³-hybridized carbons (Fsp3) is 0.357. The van der Waals surface area contributed by atoms with Crippen molar-refractivity contribution < 1.29 is 9.90 Å². The lowest BCUT2D eigenvalue weighted by Crippen LogP contribution is -1.99. The van der Waals surface area contributed by atoms with Crippen LogP contribution < -0.4 is 0 Å². The third-order valence-corrected chi connectivity index (χ3v) is 2.11. The summed E-state index contributed by atoms with van der Waals surface area (Å²) in [6.07, 6.45) is 4.28. The van der Waals surface area contributed by atoms with Gasteiger partial charge in [-0.3, -0.25) is 4.79 Å². The molecule has 1 rings (SSSR count). The van der Waals surface area contributed by atoms with Crippen LogP contribution in [0.15, 0.2) is 30.3 Å². The first-order valence-electron chi connectivity index (χ1n) is 5.37. The van der Waals surface area contributed by atoms with Gasteiger partial charge in [0.15, 0.2) is 0 Å². The van der Waals surface area contributed by atoms with E-state index in [1.165, 1.54) is 0 Å². The molecular weight excluding hydrogens is 200 g/mol. The minimum atomic E-state index is -0.794. The summed E-state index contributed by atoms with van der Waals surface area (Å²) in [5.41, 5.74) is 2.10. The highest BCUT2D eigenvalue weighted by molar-refractivity contribution is 5.70. The van der Waals surface area contributed by atoms with Gasteiger partial charge in [-0.05, 0) is 16.5 Å². The summed E-state index contributed by atoms with van der Waals surface area (Å²) >= 11 is 0. The molecule has 2 nitrogen and oxygen atoms in total. The Labute approximate surface area is 96.6 Å². The first-order chi connectivity index (χ1) is 7.37. The second-order valence-electron chi connectivity index (χ2n) is 5.01. The largest absolute Gasteiger partial charge is 0.481 e. The molecule has 0 saturated carbocycles. The SMILES string of the molecule is CC(C)(C)/C=C/c1ccc(CC(=O)O)cc1. The lowest BCUT2D eigenvalue weighted by Gasteiger charge is -2.10. The van der Waals surface area contributed by atoms with Crippen molar-refractivity contribution in [1.82, 2.24) is 0 Å². The van der Waals surface area contributed by atoms with E-state index in [4.69, 9.17) is 5.11 Å². The van der Waals surface area contributed by atoms with E-state index in [1.807, 2.05) is 24.3 Å². The highest BCUT2D eigenvalue weighted by atomic mass is 16.4. The molecule has 0 aliphatic carbocycles. The van der Waals surface area contributed by atoms with Gasteiger partial charge < -0.3 is 5.11 Å². The summed E-state index contributed by atoms with van der Waals surface area (Å²) in [5.74, 6) is -0.794. The van der Waals surface area contributed by atoms with Gasteiger partial charge in [-0.1, -0.05) is 57.2 Å². The van der Waals surface area contributed by atoms with Gasteiger partial charge in [0.2, 0.25) is 0 Å². The van der Waals surface area contributed by atoms with Crippen molar-refractivity contribution in [3.63, 3.8) is 0 Å². The van der Waals surface area contributed by atoms with Crippen LogP contribution in [0.1, 0.15) is 31.9 Å². The summed E-state index contributed by atoms with van der Waals surface area (Å²) in [6.45, 7) is 6.42. The van der Waals surface area contributed by atoms with Crippen LogP contribution >= 0.6 is 0 Å². The molecule has 0 bridgehead atoms. The van der Waals surface area contributed by atoms with E-state index < -0.39 is 5.97 Å². The molecular formula is C14H18O2. The summed E-state index contributed by atoms with van der Waals surface area (Å²) < 4.78 is 0. The molecule has 0 aliphatic heterocycles. The number of benzene rings is 1. The van der Waals surface area contributed by atoms with Crippen molar-refractivity contribution in [2.75, 3.05) is 0 Å². The summed E-state index contributed by atoms with van der Waals surface area (Å²) in [5, 5.41) is 8.63. The molecule has 0 unspecified atom stereocenters. The van der Waals surface area contributed by atoms with Crippen LogP contribution in [0.5, 0.6) is 0 Å². The standard InChI is InChI=1S/C14H18O2/c1-14(2,3)9-8-11-4-6-12(7-5-11)10-13(15)16/h4-9H,10H2,1-3H3,(H,15,16)/b9-8+. The lowest BCUT2D eigenvalue weighted by molar-refractivity contribution is -0.136. The fourth-order valence-corrected chi connectivity index (χ4v) is 1.27. The van der Waals surface area contributed by atoms with E-state index in [9.17, 15) is 4.79 Å². The van der Waals surface area contributed by atoms with Crippen LogP contribution in [0.2, 0.25) is 0 Å². The van der Waals surface area contributed by atoms with Crippen molar-refractivity contribution in [3.05, 3.63) is 41.5 Å². The van der Waals surface area contributed by atoms with E-state index >= 15 is 0 Å². The minimum Gasteiger partial charge on any atom is -0.481 e. The van der Waals surface area contributed by atoms with E-state index in [-0.39, 0.29) is 11.8 Å². The monoisotopic (exact) mass is 218 g/mol. The number of hydrogen-bond acceptors (Lipinski definition) is 1. The molecule has 2 heteroatoms. The quantitative estimate of drug-likeness (QED) is 0.844. The number of allylic oxidation sites excluding steroid dienone is 1. The number of aliphatic carboxylic acids is 1. The van der Waals surface area contributed by atoms with Gasteiger partial charge in [-0.2, -0.15) is 0 Å². The van der Waals surface area contributed by atoms with Crippen molar-refractivity contribution in [1.29, 1.82) is 0 Å². The predicted molar refractivity (Wildman–Crippen MR) is 66.3 cm³/mol. The Kier molecular flexibility index (Phi) is 3.88. The average molecular weight is 218 g/mol. The molecule has 0 spiro atoms. The van der Waals surface area contributed by atoms with Gasteiger partial charge in [-0.15, -0.1) is 0 Å². The number of carbonyl (C=O) groups is 1. The molecule has 0 amide bonds. The average Bonchev–Trinajstić information content (AvgIpc) is 2.14. The van der Waals surface area contributed by atoms with Crippen molar-refractivity contribution in [3.8, 4) is 0 Å². The smallest absolute Gasteiger partial charge is 0.307 e. The van der Waals surface area contributed by atoms with Gasteiger partial charge >= 0.3 is 5.97 Å². The van der Waals surface area contributed by atoms with Crippen LogP contribution in [0.3, 0.4) is 0 Å². The Morgan fingerprint density at radius 1 is 1.25 bits per heavy atom. The Balaban J connectivity index is 2.72. The normalized spacial score (nSPS) is 11.9. The van der Waals surface area contributed by atoms with Crippen LogP contribution in [0.25, 0.3) is 6.08 Å². The van der Waals surface area contributed by atoms with Gasteiger partial charge in [0.05, 0.1) is 6.42 Å². The zero-order chi connectivity index (χ0) is 12.2. The molecule has 1 N–H and O–H groups in total. The van der Waals surface area contributed by atoms with Crippen LogP contribution in [-0.2, 0) is 11.2 Å². The van der Waals surface area contributed by atoms with Crippen molar-refractivity contribution >= 4 is 12.0 Å². The van der Waals surface area contributed by atoms with Crippen molar-refractivity contribution in [2.24, 2.45) is 5.41 Å². The predicted octanol–water partition coefficient (Wildman–Crippen LogP) is 3.37. The van der Waals surface area contributed by atoms with Gasteiger partial charge in [0, 0.05) is 0 Å². The molecule has 0 atom stereocenters. The third kappa shape index (κ3) is 4.78. The minimum absolute atomic E-state index is 0.0866. The number of rotatable bonds is 3. The molecule has 0 saturated heterocycles. The summed E-state index contributed by atoms with van der Waals surface area (Å²) in [7, 11) is 0. The van der Waals surface area contributed by atoms with Crippen LogP contribution in [0, 0.1) is 5.41 Å². The van der Waals surface area contributed by atoms with Crippen LogP contribution in [0.4, 0.5) is 0 Å². The van der Waals surface area contributed by atoms with E-state index in [1.54, 1.807) is 0 Å². The molecule has 86 valence electrons. The third-order valence-electron chi connectivity index (χ3n) is 2.11. The molecule has 1 aromatic carbocycles. The van der Waals surface area contributed by atoms with Crippen molar-refractivity contribution in [2.45, 2.75) is 27.2 Å². The highest BCUT2D eigenvalue weighted by Crippen LogP contribution is 2.17. The summed E-state index contributed by atoms with van der Waals surface area (Å²) in [6, 6.07) is 7.61. The topological polar surface area (TPSA) is 37.3 Å². The van der Waals surface area contributed by atoms with Crippen LogP contribution in [-0.4, -0.2) is 11.1 Å². The fourth-order valence-electron chi connectivity index (χ4n) is 1.27. The molecule has 16 heavy (non-hydrogen) atoms. The molecule has 0 aliphatic rings. The number of hydrogen-bond donors (Lipinski definition) is 1. The van der Waals surface area contributed by atoms with Gasteiger partial charge in [-0.25, -0.2) is 0 Å².